The summed E-state index contributed by atoms with van der Waals surface area (Å²) < 4.78 is 5.60. The monoisotopic (exact) mass is 262 g/mol. The second-order valence-corrected chi connectivity index (χ2v) is 5.08. The molecule has 1 aliphatic rings. The lowest BCUT2D eigenvalue weighted by Crippen LogP contribution is -2.47. The molecule has 2 rings (SSSR count). The number of hydrogen-bond donors (Lipinski definition) is 2. The first kappa shape index (κ1) is 13.9. The van der Waals surface area contributed by atoms with Gasteiger partial charge in [0.2, 0.25) is 5.91 Å². The number of piperidine rings is 1. The van der Waals surface area contributed by atoms with Crippen LogP contribution in [-0.4, -0.2) is 31.6 Å². The Bertz CT molecular complexity index is 388. The molecule has 0 saturated carbocycles. The minimum absolute atomic E-state index is 0.0737. The molecule has 104 valence electrons. The smallest absolute Gasteiger partial charge is 0.226 e. The fraction of sp³-hybridized carbons (Fsp3) is 0.533. The number of rotatable bonds is 5. The van der Waals surface area contributed by atoms with Crippen molar-refractivity contribution in [2.75, 3.05) is 19.7 Å². The van der Waals surface area contributed by atoms with Crippen LogP contribution in [-0.2, 0) is 4.79 Å². The van der Waals surface area contributed by atoms with Gasteiger partial charge in [0.25, 0.3) is 0 Å². The Kier molecular flexibility index (Phi) is 5.21. The van der Waals surface area contributed by atoms with Crippen molar-refractivity contribution in [2.24, 2.45) is 5.92 Å². The third kappa shape index (κ3) is 4.56. The number of ether oxygens (including phenoxy) is 1. The molecule has 1 amide bonds. The van der Waals surface area contributed by atoms with E-state index in [2.05, 4.69) is 10.6 Å². The summed E-state index contributed by atoms with van der Waals surface area (Å²) in [6, 6.07) is 9.85. The molecule has 0 aliphatic carbocycles. The number of nitrogens with one attached hydrogen (secondary N) is 2. The van der Waals surface area contributed by atoms with Gasteiger partial charge in [-0.3, -0.25) is 4.79 Å². The van der Waals surface area contributed by atoms with Gasteiger partial charge >= 0.3 is 0 Å². The summed E-state index contributed by atoms with van der Waals surface area (Å²) in [6.07, 6.45) is 2.19. The summed E-state index contributed by atoms with van der Waals surface area (Å²) in [5.41, 5.74) is 0. The minimum Gasteiger partial charge on any atom is -0.493 e. The van der Waals surface area contributed by atoms with E-state index in [-0.39, 0.29) is 17.9 Å². The molecule has 1 aliphatic heterocycles. The van der Waals surface area contributed by atoms with Gasteiger partial charge < -0.3 is 15.4 Å². The molecule has 4 heteroatoms. The van der Waals surface area contributed by atoms with E-state index < -0.39 is 0 Å². The second-order valence-electron chi connectivity index (χ2n) is 5.08. The van der Waals surface area contributed by atoms with Crippen LogP contribution in [0.25, 0.3) is 0 Å². The van der Waals surface area contributed by atoms with Gasteiger partial charge in [0.1, 0.15) is 5.75 Å². The van der Waals surface area contributed by atoms with Crippen LogP contribution >= 0.6 is 0 Å². The topological polar surface area (TPSA) is 50.4 Å². The van der Waals surface area contributed by atoms with E-state index in [1.165, 1.54) is 0 Å². The largest absolute Gasteiger partial charge is 0.493 e. The molecule has 0 bridgehead atoms. The van der Waals surface area contributed by atoms with Crippen molar-refractivity contribution in [1.29, 1.82) is 0 Å². The lowest BCUT2D eigenvalue weighted by molar-refractivity contribution is -0.126. The summed E-state index contributed by atoms with van der Waals surface area (Å²) in [4.78, 5) is 12.0. The van der Waals surface area contributed by atoms with E-state index in [0.717, 1.165) is 31.7 Å². The van der Waals surface area contributed by atoms with Crippen molar-refractivity contribution < 1.29 is 9.53 Å². The Hall–Kier alpha value is -1.55. The molecular formula is C15H22N2O2. The van der Waals surface area contributed by atoms with Crippen LogP contribution in [0.4, 0.5) is 0 Å². The van der Waals surface area contributed by atoms with Crippen LogP contribution in [0, 0.1) is 5.92 Å². The zero-order valence-electron chi connectivity index (χ0n) is 11.4. The van der Waals surface area contributed by atoms with Crippen molar-refractivity contribution in [3.05, 3.63) is 30.3 Å². The van der Waals surface area contributed by atoms with Crippen LogP contribution in [0.15, 0.2) is 30.3 Å². The number of amides is 1. The number of carbonyl (C=O) groups excluding carboxylic acids is 1. The van der Waals surface area contributed by atoms with Gasteiger partial charge in [-0.1, -0.05) is 25.1 Å². The van der Waals surface area contributed by atoms with Gasteiger partial charge in [-0.2, -0.15) is 0 Å². The van der Waals surface area contributed by atoms with Crippen LogP contribution < -0.4 is 15.4 Å². The number of carbonyl (C=O) groups is 1. The first-order valence-corrected chi connectivity index (χ1v) is 6.94. The van der Waals surface area contributed by atoms with E-state index in [1.807, 2.05) is 37.3 Å². The van der Waals surface area contributed by atoms with Crippen molar-refractivity contribution in [3.8, 4) is 5.75 Å². The SMILES string of the molecule is CC(COc1ccccc1)C(=O)N[C@H]1CCCNC1. The molecular weight excluding hydrogens is 240 g/mol. The van der Waals surface area contributed by atoms with E-state index >= 15 is 0 Å². The molecule has 1 saturated heterocycles. The first-order valence-electron chi connectivity index (χ1n) is 6.94. The van der Waals surface area contributed by atoms with E-state index in [1.54, 1.807) is 0 Å². The van der Waals surface area contributed by atoms with Crippen LogP contribution in [0.1, 0.15) is 19.8 Å². The highest BCUT2D eigenvalue weighted by Gasteiger charge is 2.19. The highest BCUT2D eigenvalue weighted by Crippen LogP contribution is 2.10. The third-order valence-electron chi connectivity index (χ3n) is 3.33. The van der Waals surface area contributed by atoms with Gasteiger partial charge in [0, 0.05) is 12.6 Å². The molecule has 2 atom stereocenters. The van der Waals surface area contributed by atoms with Crippen molar-refractivity contribution in [1.82, 2.24) is 10.6 Å². The summed E-state index contributed by atoms with van der Waals surface area (Å²) in [5.74, 6) is 0.744. The van der Waals surface area contributed by atoms with Gasteiger partial charge in [0.05, 0.1) is 12.5 Å². The predicted molar refractivity (Wildman–Crippen MR) is 75.1 cm³/mol. The Morgan fingerprint density at radius 2 is 2.26 bits per heavy atom. The first-order chi connectivity index (χ1) is 9.25. The average molecular weight is 262 g/mol. The van der Waals surface area contributed by atoms with Crippen molar-refractivity contribution >= 4 is 5.91 Å². The maximum Gasteiger partial charge on any atom is 0.226 e. The van der Waals surface area contributed by atoms with Crippen molar-refractivity contribution in [3.63, 3.8) is 0 Å². The molecule has 0 radical (unpaired) electrons. The number of benzene rings is 1. The fourth-order valence-corrected chi connectivity index (χ4v) is 2.13. The Morgan fingerprint density at radius 1 is 1.47 bits per heavy atom. The molecule has 1 fully saturated rings. The number of para-hydroxylation sites is 1. The highest BCUT2D eigenvalue weighted by atomic mass is 16.5. The summed E-state index contributed by atoms with van der Waals surface area (Å²) in [5, 5.41) is 6.36. The predicted octanol–water partition coefficient (Wildman–Crippen LogP) is 1.57. The Balaban J connectivity index is 1.72. The molecule has 1 heterocycles. The van der Waals surface area contributed by atoms with Crippen molar-refractivity contribution in [2.45, 2.75) is 25.8 Å². The zero-order chi connectivity index (χ0) is 13.5. The summed E-state index contributed by atoms with van der Waals surface area (Å²) >= 11 is 0. The van der Waals surface area contributed by atoms with E-state index in [9.17, 15) is 4.79 Å². The molecule has 1 unspecified atom stereocenters. The quantitative estimate of drug-likeness (QED) is 0.847. The maximum absolute atomic E-state index is 12.0. The molecule has 4 nitrogen and oxygen atoms in total. The van der Waals surface area contributed by atoms with Gasteiger partial charge in [-0.05, 0) is 31.5 Å². The Morgan fingerprint density at radius 3 is 2.95 bits per heavy atom. The number of hydrogen-bond acceptors (Lipinski definition) is 3. The maximum atomic E-state index is 12.0. The zero-order valence-corrected chi connectivity index (χ0v) is 11.4. The van der Waals surface area contributed by atoms with E-state index in [4.69, 9.17) is 4.74 Å². The van der Waals surface area contributed by atoms with Gasteiger partial charge in [0.15, 0.2) is 0 Å². The van der Waals surface area contributed by atoms with Gasteiger partial charge in [-0.15, -0.1) is 0 Å². The normalized spacial score (nSPS) is 20.6. The summed E-state index contributed by atoms with van der Waals surface area (Å²) in [7, 11) is 0. The van der Waals surface area contributed by atoms with Crippen LogP contribution in [0.2, 0.25) is 0 Å². The van der Waals surface area contributed by atoms with E-state index in [0.29, 0.717) is 6.61 Å². The lowest BCUT2D eigenvalue weighted by atomic mass is 10.1. The molecule has 0 aromatic heterocycles. The van der Waals surface area contributed by atoms with Crippen LogP contribution in [0.3, 0.4) is 0 Å². The molecule has 1 aromatic rings. The Labute approximate surface area is 114 Å². The minimum atomic E-state index is -0.137. The summed E-state index contributed by atoms with van der Waals surface area (Å²) in [6.45, 7) is 4.24. The standard InChI is InChI=1S/C15H22N2O2/c1-12(11-19-14-7-3-2-4-8-14)15(18)17-13-6-5-9-16-10-13/h2-4,7-8,12-13,16H,5-6,9-11H2,1H3,(H,17,18)/t12?,13-/m0/s1. The average Bonchev–Trinajstić information content (AvgIpc) is 2.47. The molecule has 2 N–H and O–H groups in total. The second kappa shape index (κ2) is 7.14. The molecule has 1 aromatic carbocycles. The highest BCUT2D eigenvalue weighted by molar-refractivity contribution is 5.78. The molecule has 0 spiro atoms. The molecule has 19 heavy (non-hydrogen) atoms. The van der Waals surface area contributed by atoms with Gasteiger partial charge in [-0.25, -0.2) is 0 Å². The lowest BCUT2D eigenvalue weighted by Gasteiger charge is -2.25. The fourth-order valence-electron chi connectivity index (χ4n) is 2.13. The van der Waals surface area contributed by atoms with Crippen LogP contribution in [0.5, 0.6) is 5.75 Å². The third-order valence-corrected chi connectivity index (χ3v) is 3.33.